The molecular formula is C53H95NO14. The lowest BCUT2D eigenvalue weighted by Gasteiger charge is -2.30. The predicted octanol–water partition coefficient (Wildman–Crippen LogP) is 10.6. The van der Waals surface area contributed by atoms with Crippen LogP contribution in [0.5, 0.6) is 0 Å². The molecule has 0 aromatic rings. The minimum absolute atomic E-state index is 0.0108. The van der Waals surface area contributed by atoms with Crippen molar-refractivity contribution in [1.29, 1.82) is 0 Å². The Morgan fingerprint density at radius 2 is 0.647 bits per heavy atom. The van der Waals surface area contributed by atoms with Gasteiger partial charge in [0.05, 0.1) is 58.9 Å². The van der Waals surface area contributed by atoms with Gasteiger partial charge in [0, 0.05) is 25.8 Å². The molecule has 15 heteroatoms. The van der Waals surface area contributed by atoms with E-state index in [0.29, 0.717) is 94.8 Å². The molecule has 0 saturated carbocycles. The Morgan fingerprint density at radius 3 is 0.956 bits per heavy atom. The molecule has 0 rings (SSSR count). The monoisotopic (exact) mass is 970 g/mol. The molecular weight excluding hydrogens is 875 g/mol. The van der Waals surface area contributed by atoms with Crippen molar-refractivity contribution in [1.82, 2.24) is 4.90 Å². The minimum Gasteiger partial charge on any atom is -0.466 e. The summed E-state index contributed by atoms with van der Waals surface area (Å²) in [6.45, 7) is 14.0. The third-order valence-electron chi connectivity index (χ3n) is 11.2. The first kappa shape index (κ1) is 64.2. The van der Waals surface area contributed by atoms with Gasteiger partial charge in [0.15, 0.2) is 0 Å². The molecule has 0 unspecified atom stereocenters. The van der Waals surface area contributed by atoms with Crippen molar-refractivity contribution in [3.63, 3.8) is 0 Å². The quantitative estimate of drug-likeness (QED) is 0.0318. The van der Waals surface area contributed by atoms with Gasteiger partial charge in [-0.2, -0.15) is 0 Å². The molecule has 15 nitrogen and oxygen atoms in total. The van der Waals surface area contributed by atoms with Crippen LogP contribution in [0.1, 0.15) is 215 Å². The maximum absolute atomic E-state index is 14.0. The summed E-state index contributed by atoms with van der Waals surface area (Å²) in [5, 5.41) is 0. The van der Waals surface area contributed by atoms with Crippen LogP contribution in [0, 0.1) is 17.8 Å². The SMILES string of the molecule is CC(C)CCCCCC(=O)OCCCCCOC(=O)CC(CC(=O)OCCCCCOC(=O)CCCCCC(C)C)(OC(=O)CCN(C)C)C(=O)OCCCCCOC(=O)CCCCCC(C)C. The van der Waals surface area contributed by atoms with Crippen LogP contribution in [0.2, 0.25) is 0 Å². The largest absolute Gasteiger partial charge is 0.466 e. The molecule has 68 heavy (non-hydrogen) atoms. The second-order valence-electron chi connectivity index (χ2n) is 19.8. The van der Waals surface area contributed by atoms with E-state index in [1.54, 1.807) is 19.0 Å². The number of unbranched alkanes of at least 4 members (excludes halogenated alkanes) is 12. The summed E-state index contributed by atoms with van der Waals surface area (Å²) in [5.74, 6) is -2.38. The number of carbonyl (C=O) groups is 7. The molecule has 0 radical (unpaired) electrons. The normalized spacial score (nSPS) is 11.5. The molecule has 0 heterocycles. The van der Waals surface area contributed by atoms with Crippen molar-refractivity contribution >= 4 is 41.8 Å². The highest BCUT2D eigenvalue weighted by Crippen LogP contribution is 2.27. The highest BCUT2D eigenvalue weighted by atomic mass is 16.6. The maximum atomic E-state index is 14.0. The fraction of sp³-hybridized carbons (Fsp3) is 0.868. The van der Waals surface area contributed by atoms with Gasteiger partial charge in [0.2, 0.25) is 5.60 Å². The van der Waals surface area contributed by atoms with Crippen LogP contribution in [0.25, 0.3) is 0 Å². The molecule has 0 spiro atoms. The second-order valence-corrected chi connectivity index (χ2v) is 19.8. The number of ether oxygens (including phenoxy) is 7. The van der Waals surface area contributed by atoms with Crippen LogP contribution in [0.3, 0.4) is 0 Å². The standard InChI is InChI=1S/C53H95NO14/c1-43(2)27-15-9-18-30-46(55)62-35-21-12-24-38-65-50(59)41-53(68-49(58)33-34-54(7)8,52(61)67-40-26-14-23-37-64-48(57)32-20-11-17-29-45(5)6)42-51(60)66-39-25-13-22-36-63-47(56)31-19-10-16-28-44(3)4/h43-45H,9-42H2,1-8H3. The molecule has 396 valence electrons. The van der Waals surface area contributed by atoms with Gasteiger partial charge in [-0.25, -0.2) is 4.79 Å². The first-order chi connectivity index (χ1) is 32.4. The summed E-state index contributed by atoms with van der Waals surface area (Å²) in [7, 11) is 3.53. The molecule has 0 aliphatic carbocycles. The smallest absolute Gasteiger partial charge is 0.351 e. The summed E-state index contributed by atoms with van der Waals surface area (Å²) in [6, 6.07) is 0. The molecule has 0 aliphatic rings. The molecule has 0 aliphatic heterocycles. The van der Waals surface area contributed by atoms with Crippen molar-refractivity contribution in [3.8, 4) is 0 Å². The number of rotatable bonds is 45. The Labute approximate surface area is 410 Å². The van der Waals surface area contributed by atoms with Gasteiger partial charge in [-0.15, -0.1) is 0 Å². The first-order valence-corrected chi connectivity index (χ1v) is 26.3. The van der Waals surface area contributed by atoms with Gasteiger partial charge in [-0.05, 0) is 109 Å². The van der Waals surface area contributed by atoms with Crippen LogP contribution in [0.4, 0.5) is 0 Å². The van der Waals surface area contributed by atoms with E-state index in [1.165, 1.54) is 0 Å². The molecule has 0 N–H and O–H groups in total. The molecule has 0 fully saturated rings. The van der Waals surface area contributed by atoms with E-state index in [-0.39, 0.29) is 70.5 Å². The van der Waals surface area contributed by atoms with Crippen molar-refractivity contribution in [2.75, 3.05) is 60.3 Å². The Balaban J connectivity index is 5.41. The average Bonchev–Trinajstić information content (AvgIpc) is 3.26. The maximum Gasteiger partial charge on any atom is 0.351 e. The Morgan fingerprint density at radius 1 is 0.353 bits per heavy atom. The van der Waals surface area contributed by atoms with E-state index in [2.05, 4.69) is 41.5 Å². The topological polar surface area (TPSA) is 187 Å². The van der Waals surface area contributed by atoms with E-state index >= 15 is 0 Å². The molecule has 0 atom stereocenters. The van der Waals surface area contributed by atoms with Crippen LogP contribution in [-0.2, 0) is 66.7 Å². The Bertz CT molecular complexity index is 1310. The van der Waals surface area contributed by atoms with Crippen LogP contribution in [0.15, 0.2) is 0 Å². The van der Waals surface area contributed by atoms with Gasteiger partial charge in [-0.1, -0.05) is 99.3 Å². The van der Waals surface area contributed by atoms with E-state index in [9.17, 15) is 33.6 Å². The Kier molecular flexibility index (Phi) is 39.8. The van der Waals surface area contributed by atoms with Crippen molar-refractivity contribution < 1.29 is 66.7 Å². The highest BCUT2D eigenvalue weighted by molar-refractivity contribution is 5.92. The third kappa shape index (κ3) is 40.2. The lowest BCUT2D eigenvalue weighted by molar-refractivity contribution is -0.191. The van der Waals surface area contributed by atoms with Crippen LogP contribution < -0.4 is 0 Å². The summed E-state index contributed by atoms with van der Waals surface area (Å²) < 4.78 is 38.3. The zero-order valence-corrected chi connectivity index (χ0v) is 43.9. The number of nitrogens with zero attached hydrogens (tertiary/aromatic N) is 1. The van der Waals surface area contributed by atoms with E-state index < -0.39 is 42.3 Å². The third-order valence-corrected chi connectivity index (χ3v) is 11.2. The summed E-state index contributed by atoms with van der Waals surface area (Å²) in [5.41, 5.74) is -2.35. The highest BCUT2D eigenvalue weighted by Gasteiger charge is 2.49. The fourth-order valence-corrected chi connectivity index (χ4v) is 7.05. The van der Waals surface area contributed by atoms with E-state index in [0.717, 1.165) is 77.0 Å². The number of hydrogen-bond donors (Lipinski definition) is 0. The van der Waals surface area contributed by atoms with E-state index in [1.807, 2.05) is 0 Å². The summed E-state index contributed by atoms with van der Waals surface area (Å²) in [6.07, 6.45) is 16.3. The lowest BCUT2D eigenvalue weighted by Crippen LogP contribution is -2.49. The van der Waals surface area contributed by atoms with Crippen LogP contribution in [-0.4, -0.2) is 113 Å². The second kappa shape index (κ2) is 42.2. The zero-order chi connectivity index (χ0) is 50.8. The Hall–Kier alpha value is -3.75. The average molecular weight is 970 g/mol. The molecule has 0 saturated heterocycles. The van der Waals surface area contributed by atoms with Crippen molar-refractivity contribution in [2.45, 2.75) is 221 Å². The van der Waals surface area contributed by atoms with Gasteiger partial charge in [-0.3, -0.25) is 28.8 Å². The minimum atomic E-state index is -2.35. The summed E-state index contributed by atoms with van der Waals surface area (Å²) in [4.78, 5) is 92.0. The van der Waals surface area contributed by atoms with E-state index in [4.69, 9.17) is 33.2 Å². The summed E-state index contributed by atoms with van der Waals surface area (Å²) >= 11 is 0. The van der Waals surface area contributed by atoms with Gasteiger partial charge >= 0.3 is 41.8 Å². The molecule has 0 aromatic carbocycles. The predicted molar refractivity (Wildman–Crippen MR) is 262 cm³/mol. The number of hydrogen-bond acceptors (Lipinski definition) is 15. The van der Waals surface area contributed by atoms with Crippen molar-refractivity contribution in [2.24, 2.45) is 17.8 Å². The van der Waals surface area contributed by atoms with Gasteiger partial charge in [0.25, 0.3) is 0 Å². The van der Waals surface area contributed by atoms with Crippen LogP contribution >= 0.6 is 0 Å². The first-order valence-electron chi connectivity index (χ1n) is 26.3. The number of carbonyl (C=O) groups excluding carboxylic acids is 7. The zero-order valence-electron chi connectivity index (χ0n) is 43.9. The van der Waals surface area contributed by atoms with Gasteiger partial charge in [0.1, 0.15) is 0 Å². The van der Waals surface area contributed by atoms with Gasteiger partial charge < -0.3 is 38.1 Å². The molecule has 0 bridgehead atoms. The lowest BCUT2D eigenvalue weighted by atomic mass is 9.94. The number of esters is 7. The van der Waals surface area contributed by atoms with Crippen molar-refractivity contribution in [3.05, 3.63) is 0 Å². The fourth-order valence-electron chi connectivity index (χ4n) is 7.05. The molecule has 0 amide bonds. The molecule has 0 aromatic heterocycles.